The minimum Gasteiger partial charge on any atom is -0.452 e. The van der Waals surface area contributed by atoms with Gasteiger partial charge in [-0.1, -0.05) is 55.5 Å². The van der Waals surface area contributed by atoms with Gasteiger partial charge in [0.2, 0.25) is 5.91 Å². The highest BCUT2D eigenvalue weighted by atomic mass is 16.5. The van der Waals surface area contributed by atoms with Crippen LogP contribution in [0.4, 0.5) is 0 Å². The normalized spacial score (nSPS) is 11.2. The third kappa shape index (κ3) is 6.27. The van der Waals surface area contributed by atoms with E-state index >= 15 is 0 Å². The number of ketones is 1. The van der Waals surface area contributed by atoms with Gasteiger partial charge >= 0.3 is 5.97 Å². The van der Waals surface area contributed by atoms with Gasteiger partial charge in [-0.15, -0.1) is 0 Å². The molecule has 0 radical (unpaired) electrons. The Morgan fingerprint density at radius 3 is 2.21 bits per heavy atom. The van der Waals surface area contributed by atoms with E-state index in [1.165, 1.54) is 12.1 Å². The average Bonchev–Trinajstić information content (AvgIpc) is 2.75. The monoisotopic (exact) mass is 396 g/mol. The number of carbonyl (C=O) groups excluding carboxylic acids is 4. The van der Waals surface area contributed by atoms with Gasteiger partial charge in [-0.3, -0.25) is 14.4 Å². The summed E-state index contributed by atoms with van der Waals surface area (Å²) in [6.45, 7) is 3.42. The molecule has 2 amide bonds. The number of hydrogen-bond donors (Lipinski definition) is 2. The van der Waals surface area contributed by atoms with E-state index in [1.54, 1.807) is 49.4 Å². The molecular formula is C22H24N2O5. The highest BCUT2D eigenvalue weighted by Gasteiger charge is 2.21. The summed E-state index contributed by atoms with van der Waals surface area (Å²) in [7, 11) is 0. The lowest BCUT2D eigenvalue weighted by Gasteiger charge is -2.14. The number of esters is 1. The maximum absolute atomic E-state index is 12.7. The lowest BCUT2D eigenvalue weighted by Crippen LogP contribution is -2.46. The minimum absolute atomic E-state index is 0.0721. The smallest absolute Gasteiger partial charge is 0.339 e. The van der Waals surface area contributed by atoms with Crippen molar-refractivity contribution in [3.8, 4) is 0 Å². The molecule has 0 unspecified atom stereocenters. The number of rotatable bonds is 9. The van der Waals surface area contributed by atoms with Gasteiger partial charge in [-0.25, -0.2) is 4.79 Å². The summed E-state index contributed by atoms with van der Waals surface area (Å²) in [5.74, 6) is -2.03. The molecule has 2 aromatic rings. The molecule has 2 rings (SSSR count). The molecule has 0 aromatic heterocycles. The molecule has 152 valence electrons. The molecule has 0 aliphatic heterocycles. The SMILES string of the molecule is CCCNC(=O)[C@H](C)NC(=O)COC(=O)c1ccccc1C(=O)c1ccccc1. The fourth-order valence-electron chi connectivity index (χ4n) is 2.56. The Kier molecular flexibility index (Phi) is 8.09. The fraction of sp³-hybridized carbons (Fsp3) is 0.273. The van der Waals surface area contributed by atoms with Crippen LogP contribution < -0.4 is 10.6 Å². The van der Waals surface area contributed by atoms with E-state index in [9.17, 15) is 19.2 Å². The minimum atomic E-state index is -0.789. The Hall–Kier alpha value is -3.48. The standard InChI is InChI=1S/C22H24N2O5/c1-3-13-23-21(27)15(2)24-19(25)14-29-22(28)18-12-8-7-11-17(18)20(26)16-9-5-4-6-10-16/h4-12,15H,3,13-14H2,1-2H3,(H,23,27)(H,24,25)/t15-/m0/s1. The molecule has 29 heavy (non-hydrogen) atoms. The largest absolute Gasteiger partial charge is 0.452 e. The number of carbonyl (C=O) groups is 4. The molecule has 0 saturated heterocycles. The lowest BCUT2D eigenvalue weighted by atomic mass is 9.98. The summed E-state index contributed by atoms with van der Waals surface area (Å²) >= 11 is 0. The van der Waals surface area contributed by atoms with Gasteiger partial charge in [0.1, 0.15) is 6.04 Å². The van der Waals surface area contributed by atoms with Crippen molar-refractivity contribution in [2.24, 2.45) is 0 Å². The second kappa shape index (κ2) is 10.8. The molecule has 1 atom stereocenters. The summed E-state index contributed by atoms with van der Waals surface area (Å²) in [4.78, 5) is 48.9. The van der Waals surface area contributed by atoms with Gasteiger partial charge < -0.3 is 15.4 Å². The quantitative estimate of drug-likeness (QED) is 0.499. The lowest BCUT2D eigenvalue weighted by molar-refractivity contribution is -0.130. The number of amides is 2. The third-order valence-corrected chi connectivity index (χ3v) is 4.08. The molecule has 2 aromatic carbocycles. The molecule has 0 aliphatic carbocycles. The van der Waals surface area contributed by atoms with Crippen molar-refractivity contribution in [2.75, 3.05) is 13.2 Å². The van der Waals surface area contributed by atoms with Crippen LogP contribution in [-0.2, 0) is 14.3 Å². The third-order valence-electron chi connectivity index (χ3n) is 4.08. The molecular weight excluding hydrogens is 372 g/mol. The average molecular weight is 396 g/mol. The van der Waals surface area contributed by atoms with Crippen LogP contribution in [0.25, 0.3) is 0 Å². The highest BCUT2D eigenvalue weighted by Crippen LogP contribution is 2.15. The zero-order chi connectivity index (χ0) is 21.2. The first kappa shape index (κ1) is 21.8. The Bertz CT molecular complexity index is 880. The van der Waals surface area contributed by atoms with Crippen LogP contribution in [0.2, 0.25) is 0 Å². The molecule has 0 heterocycles. The molecule has 7 nitrogen and oxygen atoms in total. The van der Waals surface area contributed by atoms with Crippen LogP contribution in [-0.4, -0.2) is 42.8 Å². The van der Waals surface area contributed by atoms with Crippen molar-refractivity contribution in [1.82, 2.24) is 10.6 Å². The van der Waals surface area contributed by atoms with Crippen molar-refractivity contribution in [3.05, 3.63) is 71.3 Å². The fourth-order valence-corrected chi connectivity index (χ4v) is 2.56. The predicted octanol–water partition coefficient (Wildman–Crippen LogP) is 2.11. The van der Waals surface area contributed by atoms with E-state index < -0.39 is 24.5 Å². The van der Waals surface area contributed by atoms with Crippen molar-refractivity contribution in [2.45, 2.75) is 26.3 Å². The first-order valence-electron chi connectivity index (χ1n) is 9.37. The van der Waals surface area contributed by atoms with E-state index in [0.717, 1.165) is 6.42 Å². The van der Waals surface area contributed by atoms with Gasteiger partial charge in [0.25, 0.3) is 5.91 Å². The second-order valence-corrected chi connectivity index (χ2v) is 6.40. The van der Waals surface area contributed by atoms with E-state index in [4.69, 9.17) is 4.74 Å². The van der Waals surface area contributed by atoms with Crippen molar-refractivity contribution in [3.63, 3.8) is 0 Å². The molecule has 0 spiro atoms. The zero-order valence-electron chi connectivity index (χ0n) is 16.4. The maximum atomic E-state index is 12.7. The Balaban J connectivity index is 1.99. The van der Waals surface area contributed by atoms with Gasteiger partial charge in [-0.2, -0.15) is 0 Å². The summed E-state index contributed by atoms with van der Waals surface area (Å²) in [6.07, 6.45) is 0.783. The van der Waals surface area contributed by atoms with Crippen LogP contribution in [0, 0.1) is 0 Å². The number of ether oxygens (including phenoxy) is 1. The summed E-state index contributed by atoms with van der Waals surface area (Å²) < 4.78 is 5.04. The van der Waals surface area contributed by atoms with Crippen LogP contribution in [0.15, 0.2) is 54.6 Å². The maximum Gasteiger partial charge on any atom is 0.339 e. The van der Waals surface area contributed by atoms with Gasteiger partial charge in [-0.05, 0) is 19.4 Å². The van der Waals surface area contributed by atoms with Crippen LogP contribution in [0.5, 0.6) is 0 Å². The van der Waals surface area contributed by atoms with Crippen molar-refractivity contribution in [1.29, 1.82) is 0 Å². The van der Waals surface area contributed by atoms with E-state index in [2.05, 4.69) is 10.6 Å². The van der Waals surface area contributed by atoms with Gasteiger partial charge in [0.05, 0.1) is 5.56 Å². The predicted molar refractivity (Wildman–Crippen MR) is 108 cm³/mol. The number of nitrogens with one attached hydrogen (secondary N) is 2. The molecule has 0 bridgehead atoms. The van der Waals surface area contributed by atoms with Crippen LogP contribution in [0.3, 0.4) is 0 Å². The van der Waals surface area contributed by atoms with Crippen LogP contribution >= 0.6 is 0 Å². The Morgan fingerprint density at radius 2 is 1.55 bits per heavy atom. The zero-order valence-corrected chi connectivity index (χ0v) is 16.4. The van der Waals surface area contributed by atoms with E-state index in [0.29, 0.717) is 12.1 Å². The van der Waals surface area contributed by atoms with Crippen molar-refractivity contribution < 1.29 is 23.9 Å². The topological polar surface area (TPSA) is 102 Å². The Morgan fingerprint density at radius 1 is 0.931 bits per heavy atom. The van der Waals surface area contributed by atoms with Gasteiger partial charge in [0, 0.05) is 17.7 Å². The number of benzene rings is 2. The molecule has 2 N–H and O–H groups in total. The second-order valence-electron chi connectivity index (χ2n) is 6.40. The van der Waals surface area contributed by atoms with Gasteiger partial charge in [0.15, 0.2) is 12.4 Å². The molecule has 0 fully saturated rings. The first-order valence-corrected chi connectivity index (χ1v) is 9.37. The molecule has 0 aliphatic rings. The summed E-state index contributed by atoms with van der Waals surface area (Å²) in [5.41, 5.74) is 0.705. The highest BCUT2D eigenvalue weighted by molar-refractivity contribution is 6.14. The molecule has 0 saturated carbocycles. The summed E-state index contributed by atoms with van der Waals surface area (Å²) in [6, 6.07) is 14.1. The summed E-state index contributed by atoms with van der Waals surface area (Å²) in [5, 5.41) is 5.13. The van der Waals surface area contributed by atoms with E-state index in [-0.39, 0.29) is 22.8 Å². The Labute approximate surface area is 169 Å². The van der Waals surface area contributed by atoms with Crippen LogP contribution in [0.1, 0.15) is 46.5 Å². The molecule has 7 heteroatoms. The number of hydrogen-bond acceptors (Lipinski definition) is 5. The van der Waals surface area contributed by atoms with E-state index in [1.807, 2.05) is 6.92 Å². The first-order chi connectivity index (χ1) is 13.9. The van der Waals surface area contributed by atoms with Crippen molar-refractivity contribution >= 4 is 23.6 Å².